The van der Waals surface area contributed by atoms with Gasteiger partial charge in [0.15, 0.2) is 0 Å². The van der Waals surface area contributed by atoms with E-state index in [0.717, 1.165) is 35.2 Å². The zero-order valence-electron chi connectivity index (χ0n) is 9.57. The van der Waals surface area contributed by atoms with Gasteiger partial charge in [-0.25, -0.2) is 4.39 Å². The molecule has 2 aromatic rings. The largest absolute Gasteiger partial charge is 0.282 e. The molecular formula is C14H10FN3. The normalized spacial score (nSPS) is 13.7. The summed E-state index contributed by atoms with van der Waals surface area (Å²) in [4.78, 5) is 0. The molecule has 0 spiro atoms. The van der Waals surface area contributed by atoms with E-state index in [0.29, 0.717) is 0 Å². The highest BCUT2D eigenvalue weighted by Crippen LogP contribution is 2.30. The first-order valence-corrected chi connectivity index (χ1v) is 5.72. The number of nitriles is 1. The van der Waals surface area contributed by atoms with E-state index in [1.165, 1.54) is 12.1 Å². The van der Waals surface area contributed by atoms with Gasteiger partial charge < -0.3 is 0 Å². The summed E-state index contributed by atoms with van der Waals surface area (Å²) < 4.78 is 13.6. The molecule has 0 amide bonds. The Bertz CT molecular complexity index is 677. The van der Waals surface area contributed by atoms with Crippen molar-refractivity contribution in [1.29, 1.82) is 5.26 Å². The minimum absolute atomic E-state index is 0.0718. The molecule has 0 radical (unpaired) electrons. The van der Waals surface area contributed by atoms with Gasteiger partial charge in [-0.2, -0.15) is 10.4 Å². The summed E-state index contributed by atoms with van der Waals surface area (Å²) in [5.41, 5.74) is 3.94. The lowest BCUT2D eigenvalue weighted by molar-refractivity contribution is 0.623. The minimum atomic E-state index is -0.480. The number of aromatic amines is 1. The van der Waals surface area contributed by atoms with E-state index in [2.05, 4.69) is 16.3 Å². The van der Waals surface area contributed by atoms with Crippen molar-refractivity contribution >= 4 is 5.57 Å². The second-order valence-corrected chi connectivity index (χ2v) is 4.23. The number of nitrogens with zero attached hydrogens (tertiary/aromatic N) is 2. The van der Waals surface area contributed by atoms with Gasteiger partial charge in [0.05, 0.1) is 11.8 Å². The fourth-order valence-electron chi connectivity index (χ4n) is 2.25. The van der Waals surface area contributed by atoms with Crippen LogP contribution in [0, 0.1) is 17.1 Å². The number of aryl methyl sites for hydroxylation is 1. The molecule has 0 bridgehead atoms. The highest BCUT2D eigenvalue weighted by Gasteiger charge is 2.16. The highest BCUT2D eigenvalue weighted by molar-refractivity contribution is 5.81. The maximum atomic E-state index is 13.6. The van der Waals surface area contributed by atoms with Crippen LogP contribution < -0.4 is 0 Å². The van der Waals surface area contributed by atoms with Gasteiger partial charge >= 0.3 is 0 Å². The van der Waals surface area contributed by atoms with Crippen molar-refractivity contribution in [3.8, 4) is 6.07 Å². The number of hydrogen-bond donors (Lipinski definition) is 1. The predicted molar refractivity (Wildman–Crippen MR) is 65.1 cm³/mol. The van der Waals surface area contributed by atoms with Crippen LogP contribution in [0.15, 0.2) is 30.5 Å². The van der Waals surface area contributed by atoms with Gasteiger partial charge in [0.25, 0.3) is 0 Å². The topological polar surface area (TPSA) is 52.5 Å². The Hall–Kier alpha value is -2.41. The molecule has 0 atom stereocenters. The maximum Gasteiger partial charge on any atom is 0.141 e. The Kier molecular flexibility index (Phi) is 2.45. The second-order valence-electron chi connectivity index (χ2n) is 4.23. The van der Waals surface area contributed by atoms with Crippen molar-refractivity contribution in [3.63, 3.8) is 0 Å². The molecule has 3 nitrogen and oxygen atoms in total. The van der Waals surface area contributed by atoms with Crippen LogP contribution in [0.5, 0.6) is 0 Å². The van der Waals surface area contributed by atoms with Gasteiger partial charge in [-0.3, -0.25) is 5.10 Å². The van der Waals surface area contributed by atoms with Gasteiger partial charge in [-0.15, -0.1) is 0 Å². The first-order valence-electron chi connectivity index (χ1n) is 5.72. The maximum absolute atomic E-state index is 13.6. The Balaban J connectivity index is 2.09. The van der Waals surface area contributed by atoms with Crippen LogP contribution in [-0.4, -0.2) is 10.2 Å². The third-order valence-corrected chi connectivity index (χ3v) is 3.15. The number of fused-ring (bicyclic) bond motifs is 1. The molecule has 1 aromatic carbocycles. The number of nitrogens with one attached hydrogen (secondary N) is 1. The number of hydrogen-bond acceptors (Lipinski definition) is 2. The monoisotopic (exact) mass is 239 g/mol. The molecule has 0 saturated heterocycles. The van der Waals surface area contributed by atoms with Crippen LogP contribution >= 0.6 is 0 Å². The van der Waals surface area contributed by atoms with Gasteiger partial charge in [0.2, 0.25) is 0 Å². The molecule has 1 heterocycles. The summed E-state index contributed by atoms with van der Waals surface area (Å²) in [6, 6.07) is 6.52. The summed E-state index contributed by atoms with van der Waals surface area (Å²) in [6.07, 6.45) is 5.68. The smallest absolute Gasteiger partial charge is 0.141 e. The number of rotatable bonds is 1. The summed E-state index contributed by atoms with van der Waals surface area (Å²) in [5.74, 6) is -0.480. The highest BCUT2D eigenvalue weighted by atomic mass is 19.1. The van der Waals surface area contributed by atoms with E-state index in [9.17, 15) is 4.39 Å². The summed E-state index contributed by atoms with van der Waals surface area (Å²) in [6.45, 7) is 0. The first kappa shape index (κ1) is 10.7. The van der Waals surface area contributed by atoms with Crippen molar-refractivity contribution in [3.05, 3.63) is 58.7 Å². The molecule has 0 unspecified atom stereocenters. The third kappa shape index (κ3) is 1.61. The fraction of sp³-hybridized carbons (Fsp3) is 0.143. The zero-order chi connectivity index (χ0) is 12.5. The van der Waals surface area contributed by atoms with Crippen LogP contribution in [0.2, 0.25) is 0 Å². The molecule has 1 N–H and O–H groups in total. The lowest BCUT2D eigenvalue weighted by Crippen LogP contribution is -1.99. The van der Waals surface area contributed by atoms with Crippen molar-refractivity contribution in [2.45, 2.75) is 12.8 Å². The quantitative estimate of drug-likeness (QED) is 0.831. The average molecular weight is 239 g/mol. The van der Waals surface area contributed by atoms with Crippen molar-refractivity contribution < 1.29 is 4.39 Å². The minimum Gasteiger partial charge on any atom is -0.282 e. The third-order valence-electron chi connectivity index (χ3n) is 3.15. The summed E-state index contributed by atoms with van der Waals surface area (Å²) >= 11 is 0. The lowest BCUT2D eigenvalue weighted by Gasteiger charge is -2.13. The zero-order valence-corrected chi connectivity index (χ0v) is 9.57. The molecule has 88 valence electrons. The molecule has 0 fully saturated rings. The Morgan fingerprint density at radius 1 is 1.39 bits per heavy atom. The first-order chi connectivity index (χ1) is 8.79. The molecule has 1 aromatic heterocycles. The molecule has 4 heteroatoms. The molecule has 18 heavy (non-hydrogen) atoms. The molecule has 3 rings (SSSR count). The van der Waals surface area contributed by atoms with E-state index < -0.39 is 5.82 Å². The fourth-order valence-corrected chi connectivity index (χ4v) is 2.25. The van der Waals surface area contributed by atoms with Gasteiger partial charge in [0.1, 0.15) is 11.9 Å². The van der Waals surface area contributed by atoms with Crippen LogP contribution in [0.25, 0.3) is 5.57 Å². The van der Waals surface area contributed by atoms with Gasteiger partial charge in [-0.05, 0) is 36.1 Å². The molecule has 1 aliphatic carbocycles. The average Bonchev–Trinajstić information content (AvgIpc) is 2.86. The van der Waals surface area contributed by atoms with Crippen molar-refractivity contribution in [2.75, 3.05) is 0 Å². The van der Waals surface area contributed by atoms with E-state index in [1.807, 2.05) is 6.07 Å². The van der Waals surface area contributed by atoms with E-state index >= 15 is 0 Å². The van der Waals surface area contributed by atoms with E-state index in [1.54, 1.807) is 12.3 Å². The number of aromatic nitrogens is 2. The Labute approximate surface area is 104 Å². The predicted octanol–water partition coefficient (Wildman–Crippen LogP) is 2.80. The van der Waals surface area contributed by atoms with Gasteiger partial charge in [-0.1, -0.05) is 12.1 Å². The van der Waals surface area contributed by atoms with Crippen LogP contribution in [0.1, 0.15) is 28.8 Å². The van der Waals surface area contributed by atoms with Crippen molar-refractivity contribution in [1.82, 2.24) is 10.2 Å². The van der Waals surface area contributed by atoms with Crippen molar-refractivity contribution in [2.24, 2.45) is 0 Å². The van der Waals surface area contributed by atoms with Gasteiger partial charge in [0, 0.05) is 11.3 Å². The molecule has 1 aliphatic rings. The van der Waals surface area contributed by atoms with E-state index in [-0.39, 0.29) is 5.56 Å². The lowest BCUT2D eigenvalue weighted by atomic mass is 9.91. The second kappa shape index (κ2) is 4.11. The SMILES string of the molecule is N#Cc1ccc(C2=CCCc3[nH]ncc32)cc1F. The summed E-state index contributed by atoms with van der Waals surface area (Å²) in [5, 5.41) is 15.7. The molecular weight excluding hydrogens is 229 g/mol. The molecule has 0 aliphatic heterocycles. The standard InChI is InChI=1S/C14H10FN3/c15-13-6-9(4-5-10(13)7-16)11-2-1-3-14-12(11)8-17-18-14/h2,4-6,8H,1,3H2,(H,17,18). The van der Waals surface area contributed by atoms with Crippen LogP contribution in [0.4, 0.5) is 4.39 Å². The van der Waals surface area contributed by atoms with Crippen LogP contribution in [-0.2, 0) is 6.42 Å². The van der Waals surface area contributed by atoms with E-state index in [4.69, 9.17) is 5.26 Å². The number of halogens is 1. The number of H-pyrrole nitrogens is 1. The Morgan fingerprint density at radius 2 is 2.28 bits per heavy atom. The summed E-state index contributed by atoms with van der Waals surface area (Å²) in [7, 11) is 0. The number of benzene rings is 1. The number of allylic oxidation sites excluding steroid dienone is 1. The van der Waals surface area contributed by atoms with Crippen LogP contribution in [0.3, 0.4) is 0 Å². The Morgan fingerprint density at radius 3 is 3.06 bits per heavy atom. The molecule has 0 saturated carbocycles.